The van der Waals surface area contributed by atoms with Crippen LogP contribution in [0.15, 0.2) is 109 Å². The Morgan fingerprint density at radius 3 is 1.48 bits per heavy atom. The maximum absolute atomic E-state index is 7.31. The van der Waals surface area contributed by atoms with Crippen LogP contribution in [-0.2, 0) is 27.1 Å². The third kappa shape index (κ3) is 6.87. The van der Waals surface area contributed by atoms with E-state index in [1.54, 1.807) is 11.3 Å². The molecule has 1 aromatic heterocycles. The maximum atomic E-state index is 7.31. The fourth-order valence-corrected chi connectivity index (χ4v) is 10.5. The first-order valence-corrected chi connectivity index (χ1v) is 21.8. The molecular weight excluding hydrogens is 720 g/mol. The van der Waals surface area contributed by atoms with Gasteiger partial charge in [0.2, 0.25) is 0 Å². The summed E-state index contributed by atoms with van der Waals surface area (Å²) < 4.78 is 1.27. The molecule has 0 fully saturated rings. The number of anilines is 6. The fourth-order valence-electron chi connectivity index (χ4n) is 9.37. The highest BCUT2D eigenvalue weighted by Gasteiger charge is 2.39. The van der Waals surface area contributed by atoms with E-state index < -0.39 is 0 Å². The van der Waals surface area contributed by atoms with E-state index in [4.69, 9.17) is 11.6 Å². The molecule has 2 aliphatic carbocycles. The monoisotopic (exact) mass is 778 g/mol. The first kappa shape index (κ1) is 38.8. The van der Waals surface area contributed by atoms with Crippen LogP contribution in [0.25, 0.3) is 10.1 Å². The van der Waals surface area contributed by atoms with E-state index in [9.17, 15) is 0 Å². The number of halogens is 1. The summed E-state index contributed by atoms with van der Waals surface area (Å²) in [5.41, 5.74) is 14.3. The molecule has 0 N–H and O–H groups in total. The second-order valence-corrected chi connectivity index (χ2v) is 21.6. The van der Waals surface area contributed by atoms with E-state index in [1.807, 2.05) is 0 Å². The van der Waals surface area contributed by atoms with Crippen LogP contribution in [0.4, 0.5) is 34.1 Å². The smallest absolute Gasteiger partial charge is 0.0647 e. The molecule has 0 atom stereocenters. The van der Waals surface area contributed by atoms with Crippen LogP contribution in [0.1, 0.15) is 130 Å². The van der Waals surface area contributed by atoms with Crippen molar-refractivity contribution in [1.82, 2.24) is 0 Å². The molecule has 2 nitrogen and oxygen atoms in total. The number of fused-ring (bicyclic) bond motifs is 3. The number of rotatable bonds is 6. The summed E-state index contributed by atoms with van der Waals surface area (Å²) in [6, 6.07) is 39.0. The van der Waals surface area contributed by atoms with E-state index in [0.29, 0.717) is 5.02 Å². The molecule has 4 heteroatoms. The van der Waals surface area contributed by atoms with Gasteiger partial charge in [0.05, 0.1) is 5.69 Å². The summed E-state index contributed by atoms with van der Waals surface area (Å²) in [7, 11) is 0. The molecule has 1 heterocycles. The van der Waals surface area contributed by atoms with Gasteiger partial charge in [-0.25, -0.2) is 0 Å². The number of hydrogen-bond acceptors (Lipinski definition) is 3. The second-order valence-electron chi connectivity index (χ2n) is 20.2. The summed E-state index contributed by atoms with van der Waals surface area (Å²) in [5.74, 6) is 0. The Labute approximate surface area is 345 Å². The summed E-state index contributed by atoms with van der Waals surface area (Å²) in [5, 5.41) is 4.23. The predicted octanol–water partition coefficient (Wildman–Crippen LogP) is 16.5. The van der Waals surface area contributed by atoms with Gasteiger partial charge < -0.3 is 9.80 Å². The van der Waals surface area contributed by atoms with Crippen molar-refractivity contribution in [3.05, 3.63) is 141 Å². The van der Waals surface area contributed by atoms with Crippen molar-refractivity contribution in [2.45, 2.75) is 129 Å². The molecule has 0 spiro atoms. The molecule has 290 valence electrons. The van der Waals surface area contributed by atoms with Gasteiger partial charge in [0, 0.05) is 48.9 Å². The van der Waals surface area contributed by atoms with Gasteiger partial charge in [-0.05, 0) is 141 Å². The van der Waals surface area contributed by atoms with E-state index in [1.165, 1.54) is 50.7 Å². The van der Waals surface area contributed by atoms with Crippen LogP contribution in [0.2, 0.25) is 5.02 Å². The average molecular weight is 780 g/mol. The van der Waals surface area contributed by atoms with Gasteiger partial charge in [0.15, 0.2) is 0 Å². The lowest BCUT2D eigenvalue weighted by Gasteiger charge is -2.43. The molecule has 0 unspecified atom stereocenters. The lowest BCUT2D eigenvalue weighted by molar-refractivity contribution is 0.332. The zero-order valence-electron chi connectivity index (χ0n) is 35.4. The molecule has 56 heavy (non-hydrogen) atoms. The van der Waals surface area contributed by atoms with Crippen LogP contribution in [0.3, 0.4) is 0 Å². The molecule has 0 saturated heterocycles. The maximum Gasteiger partial charge on any atom is 0.0647 e. The van der Waals surface area contributed by atoms with Crippen molar-refractivity contribution in [2.75, 3.05) is 9.80 Å². The van der Waals surface area contributed by atoms with Crippen LogP contribution in [-0.4, -0.2) is 0 Å². The Hall–Kier alpha value is -4.05. The molecule has 8 rings (SSSR count). The number of thiophene rings is 1. The molecule has 0 radical (unpaired) electrons. The van der Waals surface area contributed by atoms with Gasteiger partial charge in [-0.2, -0.15) is 0 Å². The van der Waals surface area contributed by atoms with Crippen LogP contribution in [0, 0.1) is 0 Å². The molecule has 2 aliphatic rings. The highest BCUT2D eigenvalue weighted by molar-refractivity contribution is 7.17. The second kappa shape index (κ2) is 13.5. The Kier molecular flexibility index (Phi) is 9.37. The summed E-state index contributed by atoms with van der Waals surface area (Å²) in [6.07, 6.45) is 4.70. The van der Waals surface area contributed by atoms with E-state index in [-0.39, 0.29) is 27.1 Å². The Balaban J connectivity index is 1.37. The van der Waals surface area contributed by atoms with Crippen molar-refractivity contribution >= 4 is 67.1 Å². The van der Waals surface area contributed by atoms with Crippen molar-refractivity contribution in [3.8, 4) is 0 Å². The number of hydrogen-bond donors (Lipinski definition) is 0. The van der Waals surface area contributed by atoms with Gasteiger partial charge >= 0.3 is 0 Å². The quantitative estimate of drug-likeness (QED) is 0.166. The predicted molar refractivity (Wildman–Crippen MR) is 245 cm³/mol. The van der Waals surface area contributed by atoms with Gasteiger partial charge in [0.25, 0.3) is 0 Å². The van der Waals surface area contributed by atoms with Crippen molar-refractivity contribution in [3.63, 3.8) is 0 Å². The lowest BCUT2D eigenvalue weighted by Crippen LogP contribution is -2.34. The minimum absolute atomic E-state index is 0.0550. The van der Waals surface area contributed by atoms with Gasteiger partial charge in [-0.1, -0.05) is 130 Å². The summed E-state index contributed by atoms with van der Waals surface area (Å²) in [4.78, 5) is 4.87. The Morgan fingerprint density at radius 2 is 0.964 bits per heavy atom. The Morgan fingerprint density at radius 1 is 0.500 bits per heavy atom. The lowest BCUT2D eigenvalue weighted by atomic mass is 9.63. The van der Waals surface area contributed by atoms with Crippen molar-refractivity contribution in [2.24, 2.45) is 0 Å². The molecular formula is C52H59ClN2S. The topological polar surface area (TPSA) is 6.48 Å². The zero-order chi connectivity index (χ0) is 40.0. The van der Waals surface area contributed by atoms with E-state index in [2.05, 4.69) is 194 Å². The molecule has 0 saturated carbocycles. The molecule has 0 aliphatic heterocycles. The molecule has 0 bridgehead atoms. The highest BCUT2D eigenvalue weighted by Crippen LogP contribution is 2.52. The first-order valence-electron chi connectivity index (χ1n) is 20.5. The third-order valence-electron chi connectivity index (χ3n) is 13.3. The first-order chi connectivity index (χ1) is 26.2. The highest BCUT2D eigenvalue weighted by atomic mass is 35.5. The minimum Gasteiger partial charge on any atom is -0.310 e. The van der Waals surface area contributed by atoms with Gasteiger partial charge in [-0.3, -0.25) is 0 Å². The SMILES string of the molecule is CC(C)(C)c1ccc(N(c2cc(Cl)cc(N(c3ccc4c(c3)C(C)(C)CCC4(C)C)c3ccc4c(c3)C(C)(C)CCC4(C)C)c2)c2csc3ccccc23)cc1. The standard InChI is InChI=1S/C52H59ClN2S/c1-48(2,3)34-16-18-36(19-17-34)55(46-33-56-47-15-13-12-14-41(46)47)40-29-35(53)28-39(30-40)54(37-20-22-42-44(31-37)51(8,9)26-24-49(42,4)5)38-21-23-43-45(32-38)52(10,11)27-25-50(43,6)7/h12-23,28-33H,24-27H2,1-11H3. The van der Waals surface area contributed by atoms with E-state index in [0.717, 1.165) is 47.0 Å². The summed E-state index contributed by atoms with van der Waals surface area (Å²) in [6.45, 7) is 26.1. The Bertz CT molecular complexity index is 2360. The normalized spacial score (nSPS) is 17.9. The molecule has 5 aromatic carbocycles. The van der Waals surface area contributed by atoms with Crippen LogP contribution >= 0.6 is 22.9 Å². The average Bonchev–Trinajstić information content (AvgIpc) is 3.56. The number of benzene rings is 5. The fraction of sp³-hybridized carbons (Fsp3) is 0.385. The van der Waals surface area contributed by atoms with Gasteiger partial charge in [-0.15, -0.1) is 11.3 Å². The minimum atomic E-state index is 0.0550. The van der Waals surface area contributed by atoms with Crippen molar-refractivity contribution < 1.29 is 0 Å². The number of nitrogens with zero attached hydrogens (tertiary/aromatic N) is 2. The van der Waals surface area contributed by atoms with Gasteiger partial charge in [0.1, 0.15) is 0 Å². The molecule has 0 amide bonds. The van der Waals surface area contributed by atoms with Crippen LogP contribution < -0.4 is 9.80 Å². The zero-order valence-corrected chi connectivity index (χ0v) is 37.0. The summed E-state index contributed by atoms with van der Waals surface area (Å²) >= 11 is 9.10. The third-order valence-corrected chi connectivity index (χ3v) is 14.4. The van der Waals surface area contributed by atoms with Crippen LogP contribution in [0.5, 0.6) is 0 Å². The van der Waals surface area contributed by atoms with Crippen molar-refractivity contribution in [1.29, 1.82) is 0 Å². The largest absolute Gasteiger partial charge is 0.310 e. The molecule has 6 aromatic rings. The van der Waals surface area contributed by atoms with E-state index >= 15 is 0 Å².